The van der Waals surface area contributed by atoms with Gasteiger partial charge in [-0.2, -0.15) is 0 Å². The predicted octanol–water partition coefficient (Wildman–Crippen LogP) is 1.82. The van der Waals surface area contributed by atoms with Crippen LogP contribution in [0.25, 0.3) is 5.69 Å². The van der Waals surface area contributed by atoms with Crippen LogP contribution in [0.3, 0.4) is 0 Å². The Bertz CT molecular complexity index is 696. The maximum atomic E-state index is 11.8. The van der Waals surface area contributed by atoms with Gasteiger partial charge in [-0.3, -0.25) is 9.36 Å². The number of likely N-dealkylation sites (N-methyl/N-ethyl adjacent to an activating group) is 1. The standard InChI is InChI=1S/C14H14N4OS/c1-17-7-9(6-13(17)19)14-16-15-12-8-20-11-5-3-2-4-10(11)18(12)14/h2-5,9H,6-8H2,1H3. The molecule has 20 heavy (non-hydrogen) atoms. The van der Waals surface area contributed by atoms with Gasteiger partial charge >= 0.3 is 0 Å². The summed E-state index contributed by atoms with van der Waals surface area (Å²) in [7, 11) is 1.85. The summed E-state index contributed by atoms with van der Waals surface area (Å²) >= 11 is 1.79. The van der Waals surface area contributed by atoms with Crippen LogP contribution >= 0.6 is 11.8 Å². The molecule has 5 nitrogen and oxygen atoms in total. The zero-order valence-electron chi connectivity index (χ0n) is 11.1. The molecule has 1 atom stereocenters. The van der Waals surface area contributed by atoms with E-state index in [1.54, 1.807) is 16.7 Å². The Morgan fingerprint density at radius 2 is 2.15 bits per heavy atom. The largest absolute Gasteiger partial charge is 0.345 e. The van der Waals surface area contributed by atoms with E-state index >= 15 is 0 Å². The van der Waals surface area contributed by atoms with Crippen LogP contribution in [0.4, 0.5) is 0 Å². The Balaban J connectivity index is 1.82. The third-order valence-corrected chi connectivity index (χ3v) is 4.98. The first-order valence-electron chi connectivity index (χ1n) is 6.64. The molecular formula is C14H14N4OS. The first-order chi connectivity index (χ1) is 9.74. The van der Waals surface area contributed by atoms with Gasteiger partial charge in [-0.15, -0.1) is 22.0 Å². The summed E-state index contributed by atoms with van der Waals surface area (Å²) in [5, 5.41) is 8.68. The van der Waals surface area contributed by atoms with Crippen molar-refractivity contribution in [3.63, 3.8) is 0 Å². The Kier molecular flexibility index (Phi) is 2.60. The van der Waals surface area contributed by atoms with Crippen molar-refractivity contribution in [2.75, 3.05) is 13.6 Å². The molecule has 2 aliphatic rings. The van der Waals surface area contributed by atoms with Gasteiger partial charge in [0.1, 0.15) is 11.6 Å². The molecule has 0 bridgehead atoms. The van der Waals surface area contributed by atoms with E-state index in [4.69, 9.17) is 0 Å². The predicted molar refractivity (Wildman–Crippen MR) is 75.9 cm³/mol. The summed E-state index contributed by atoms with van der Waals surface area (Å²) in [6.45, 7) is 0.728. The highest BCUT2D eigenvalue weighted by molar-refractivity contribution is 7.98. The highest BCUT2D eigenvalue weighted by atomic mass is 32.2. The van der Waals surface area contributed by atoms with Gasteiger partial charge in [0.15, 0.2) is 0 Å². The summed E-state index contributed by atoms with van der Waals surface area (Å²) in [6, 6.07) is 8.30. The van der Waals surface area contributed by atoms with Crippen molar-refractivity contribution in [2.45, 2.75) is 23.0 Å². The van der Waals surface area contributed by atoms with Crippen LogP contribution in [0.15, 0.2) is 29.2 Å². The van der Waals surface area contributed by atoms with E-state index in [9.17, 15) is 4.79 Å². The lowest BCUT2D eigenvalue weighted by Gasteiger charge is -2.20. The third kappa shape index (κ3) is 1.67. The highest BCUT2D eigenvalue weighted by Crippen LogP contribution is 2.37. The van der Waals surface area contributed by atoms with Crippen LogP contribution in [0.1, 0.15) is 24.0 Å². The molecule has 1 aromatic heterocycles. The highest BCUT2D eigenvalue weighted by Gasteiger charge is 2.34. The van der Waals surface area contributed by atoms with Crippen molar-refractivity contribution >= 4 is 17.7 Å². The van der Waals surface area contributed by atoms with E-state index in [1.807, 2.05) is 19.2 Å². The lowest BCUT2D eigenvalue weighted by Crippen LogP contribution is -2.19. The maximum Gasteiger partial charge on any atom is 0.223 e. The second kappa shape index (κ2) is 4.34. The number of rotatable bonds is 1. The van der Waals surface area contributed by atoms with Gasteiger partial charge in [-0.1, -0.05) is 12.1 Å². The van der Waals surface area contributed by atoms with Crippen molar-refractivity contribution in [3.05, 3.63) is 35.9 Å². The molecule has 1 saturated heterocycles. The Morgan fingerprint density at radius 1 is 1.30 bits per heavy atom. The number of likely N-dealkylation sites (tertiary alicyclic amines) is 1. The summed E-state index contributed by atoms with van der Waals surface area (Å²) in [6.07, 6.45) is 0.532. The molecule has 6 heteroatoms. The molecule has 0 spiro atoms. The van der Waals surface area contributed by atoms with E-state index in [0.717, 1.165) is 29.6 Å². The lowest BCUT2D eigenvalue weighted by atomic mass is 10.1. The number of carbonyl (C=O) groups excluding carboxylic acids is 1. The number of carbonyl (C=O) groups is 1. The average Bonchev–Trinajstić information content (AvgIpc) is 3.03. The normalized spacial score (nSPS) is 20.9. The maximum absolute atomic E-state index is 11.8. The molecule has 1 amide bonds. The van der Waals surface area contributed by atoms with Gasteiger partial charge in [0.2, 0.25) is 5.91 Å². The Hall–Kier alpha value is -1.82. The molecule has 102 valence electrons. The molecule has 2 aliphatic heterocycles. The van der Waals surface area contributed by atoms with Gasteiger partial charge in [-0.25, -0.2) is 0 Å². The minimum absolute atomic E-state index is 0.143. The summed E-state index contributed by atoms with van der Waals surface area (Å²) in [4.78, 5) is 14.8. The third-order valence-electron chi connectivity index (χ3n) is 3.92. The molecule has 0 aliphatic carbocycles. The molecule has 0 N–H and O–H groups in total. The number of nitrogens with zero attached hydrogens (tertiary/aromatic N) is 4. The van der Waals surface area contributed by atoms with Gasteiger partial charge in [0, 0.05) is 30.8 Å². The first kappa shape index (κ1) is 12.0. The van der Waals surface area contributed by atoms with E-state index in [0.29, 0.717) is 6.42 Å². The smallest absolute Gasteiger partial charge is 0.223 e. The van der Waals surface area contributed by atoms with Crippen LogP contribution < -0.4 is 0 Å². The monoisotopic (exact) mass is 286 g/mol. The van der Waals surface area contributed by atoms with Gasteiger partial charge < -0.3 is 4.90 Å². The molecule has 3 heterocycles. The van der Waals surface area contributed by atoms with E-state index < -0.39 is 0 Å². The minimum Gasteiger partial charge on any atom is -0.345 e. The second-order valence-corrected chi connectivity index (χ2v) is 6.26. The fourth-order valence-electron chi connectivity index (χ4n) is 2.89. The molecule has 2 aromatic rings. The average molecular weight is 286 g/mol. The molecule has 4 rings (SSSR count). The number of aromatic nitrogens is 3. The molecule has 1 unspecified atom stereocenters. The number of benzene rings is 1. The second-order valence-electron chi connectivity index (χ2n) is 5.24. The van der Waals surface area contributed by atoms with Crippen molar-refractivity contribution < 1.29 is 4.79 Å². The van der Waals surface area contributed by atoms with Crippen LogP contribution in [0, 0.1) is 0 Å². The van der Waals surface area contributed by atoms with Crippen molar-refractivity contribution in [3.8, 4) is 5.69 Å². The van der Waals surface area contributed by atoms with Crippen molar-refractivity contribution in [1.82, 2.24) is 19.7 Å². The Morgan fingerprint density at radius 3 is 2.95 bits per heavy atom. The summed E-state index contributed by atoms with van der Waals surface area (Å²) in [5.74, 6) is 3.06. The van der Waals surface area contributed by atoms with Gasteiger partial charge in [0.25, 0.3) is 0 Å². The molecule has 0 radical (unpaired) electrons. The number of amides is 1. The quantitative estimate of drug-likeness (QED) is 0.802. The molecule has 1 aromatic carbocycles. The zero-order valence-corrected chi connectivity index (χ0v) is 11.9. The van der Waals surface area contributed by atoms with E-state index in [2.05, 4.69) is 26.9 Å². The van der Waals surface area contributed by atoms with Crippen LogP contribution in [0.5, 0.6) is 0 Å². The van der Waals surface area contributed by atoms with Gasteiger partial charge in [-0.05, 0) is 12.1 Å². The van der Waals surface area contributed by atoms with Gasteiger partial charge in [0.05, 0.1) is 11.4 Å². The van der Waals surface area contributed by atoms with E-state index in [1.165, 1.54) is 4.90 Å². The van der Waals surface area contributed by atoms with Crippen molar-refractivity contribution in [2.24, 2.45) is 0 Å². The van der Waals surface area contributed by atoms with Crippen LogP contribution in [-0.2, 0) is 10.5 Å². The zero-order chi connectivity index (χ0) is 13.7. The number of fused-ring (bicyclic) bond motifs is 3. The fraction of sp³-hybridized carbons (Fsp3) is 0.357. The lowest BCUT2D eigenvalue weighted by molar-refractivity contribution is -0.126. The number of hydrogen-bond donors (Lipinski definition) is 0. The van der Waals surface area contributed by atoms with Crippen LogP contribution in [-0.4, -0.2) is 39.2 Å². The molecule has 1 fully saturated rings. The minimum atomic E-state index is 0.143. The number of hydrogen-bond acceptors (Lipinski definition) is 4. The Labute approximate surface area is 121 Å². The van der Waals surface area contributed by atoms with Crippen LogP contribution in [0.2, 0.25) is 0 Å². The first-order valence-corrected chi connectivity index (χ1v) is 7.63. The summed E-state index contributed by atoms with van der Waals surface area (Å²) < 4.78 is 2.14. The molecular weight excluding hydrogens is 272 g/mol. The topological polar surface area (TPSA) is 51.0 Å². The van der Waals surface area contributed by atoms with E-state index in [-0.39, 0.29) is 11.8 Å². The number of thioether (sulfide) groups is 1. The number of para-hydroxylation sites is 1. The summed E-state index contributed by atoms with van der Waals surface area (Å²) in [5.41, 5.74) is 1.14. The fourth-order valence-corrected chi connectivity index (χ4v) is 3.85. The SMILES string of the molecule is CN1CC(c2nnc3n2-c2ccccc2SC3)CC1=O. The van der Waals surface area contributed by atoms with Crippen molar-refractivity contribution in [1.29, 1.82) is 0 Å². The molecule has 0 saturated carbocycles.